The molecule has 110 valence electrons. The van der Waals surface area contributed by atoms with Gasteiger partial charge in [-0.25, -0.2) is 0 Å². The number of anilines is 1. The normalized spacial score (nSPS) is 10.0. The largest absolute Gasteiger partial charge is 0.497 e. The molecule has 2 N–H and O–H groups in total. The number of aromatic nitrogens is 2. The first-order chi connectivity index (χ1) is 10.1. The van der Waals surface area contributed by atoms with Gasteiger partial charge < -0.3 is 14.8 Å². The lowest BCUT2D eigenvalue weighted by Gasteiger charge is -2.11. The number of nitrogens with one attached hydrogen (secondary N) is 2. The molecule has 0 radical (unpaired) electrons. The minimum atomic E-state index is -0.303. The van der Waals surface area contributed by atoms with Gasteiger partial charge in [-0.3, -0.25) is 9.89 Å². The van der Waals surface area contributed by atoms with Crippen molar-refractivity contribution in [3.8, 4) is 11.5 Å². The standard InChI is InChI=1S/C15H17N3O3/c1-4-7-21-13-9-11(20-3)5-6-12(13)15(19)16-14-8-10(2)17-18-14/h4-6,8-9H,1,7H2,2-3H3,(H2,16,17,18,19). The number of H-pyrrole nitrogens is 1. The van der Waals surface area contributed by atoms with Crippen molar-refractivity contribution in [1.82, 2.24) is 10.2 Å². The maximum atomic E-state index is 12.3. The Labute approximate surface area is 122 Å². The van der Waals surface area contributed by atoms with Crippen molar-refractivity contribution >= 4 is 11.7 Å². The fourth-order valence-corrected chi connectivity index (χ4v) is 1.75. The number of hydrogen-bond donors (Lipinski definition) is 2. The number of ether oxygens (including phenoxy) is 2. The minimum Gasteiger partial charge on any atom is -0.497 e. The number of rotatable bonds is 6. The van der Waals surface area contributed by atoms with E-state index in [2.05, 4.69) is 22.1 Å². The smallest absolute Gasteiger partial charge is 0.260 e. The third-order valence-corrected chi connectivity index (χ3v) is 2.74. The molecule has 0 bridgehead atoms. The number of hydrogen-bond acceptors (Lipinski definition) is 4. The molecule has 0 aliphatic rings. The Balaban J connectivity index is 2.23. The Morgan fingerprint density at radius 2 is 2.29 bits per heavy atom. The van der Waals surface area contributed by atoms with Gasteiger partial charge in [0.2, 0.25) is 0 Å². The average Bonchev–Trinajstić information content (AvgIpc) is 2.89. The van der Waals surface area contributed by atoms with E-state index in [1.165, 1.54) is 0 Å². The van der Waals surface area contributed by atoms with Crippen LogP contribution < -0.4 is 14.8 Å². The maximum absolute atomic E-state index is 12.3. The molecule has 0 spiro atoms. The van der Waals surface area contributed by atoms with Gasteiger partial charge in [-0.2, -0.15) is 5.10 Å². The van der Waals surface area contributed by atoms with Gasteiger partial charge in [-0.1, -0.05) is 12.7 Å². The molecule has 0 atom stereocenters. The van der Waals surface area contributed by atoms with Crippen LogP contribution in [0.1, 0.15) is 16.1 Å². The molecular weight excluding hydrogens is 270 g/mol. The molecule has 1 heterocycles. The molecule has 0 aliphatic heterocycles. The lowest BCUT2D eigenvalue weighted by Crippen LogP contribution is -2.14. The zero-order chi connectivity index (χ0) is 15.2. The first kappa shape index (κ1) is 14.6. The van der Waals surface area contributed by atoms with Crippen molar-refractivity contribution in [2.45, 2.75) is 6.92 Å². The van der Waals surface area contributed by atoms with E-state index in [0.29, 0.717) is 29.5 Å². The van der Waals surface area contributed by atoms with Gasteiger partial charge in [0.1, 0.15) is 18.1 Å². The van der Waals surface area contributed by atoms with E-state index in [1.807, 2.05) is 6.92 Å². The topological polar surface area (TPSA) is 76.2 Å². The molecular formula is C15H17N3O3. The Morgan fingerprint density at radius 3 is 2.90 bits per heavy atom. The van der Waals surface area contributed by atoms with Crippen molar-refractivity contribution in [3.05, 3.63) is 48.2 Å². The Morgan fingerprint density at radius 1 is 1.48 bits per heavy atom. The van der Waals surface area contributed by atoms with Crippen molar-refractivity contribution < 1.29 is 14.3 Å². The van der Waals surface area contributed by atoms with Gasteiger partial charge in [-0.15, -0.1) is 0 Å². The predicted octanol–water partition coefficient (Wildman–Crippen LogP) is 2.54. The maximum Gasteiger partial charge on any atom is 0.260 e. The van der Waals surface area contributed by atoms with Crippen molar-refractivity contribution in [2.75, 3.05) is 19.0 Å². The fraction of sp³-hybridized carbons (Fsp3) is 0.200. The third-order valence-electron chi connectivity index (χ3n) is 2.74. The van der Waals surface area contributed by atoms with Crippen molar-refractivity contribution in [3.63, 3.8) is 0 Å². The number of benzene rings is 1. The van der Waals surface area contributed by atoms with E-state index in [4.69, 9.17) is 9.47 Å². The van der Waals surface area contributed by atoms with Gasteiger partial charge >= 0.3 is 0 Å². The molecule has 1 amide bonds. The molecule has 0 unspecified atom stereocenters. The van der Waals surface area contributed by atoms with Crippen molar-refractivity contribution in [1.29, 1.82) is 0 Å². The molecule has 2 rings (SSSR count). The van der Waals surface area contributed by atoms with E-state index in [-0.39, 0.29) is 5.91 Å². The van der Waals surface area contributed by atoms with E-state index in [9.17, 15) is 4.79 Å². The first-order valence-electron chi connectivity index (χ1n) is 6.39. The second kappa shape index (κ2) is 6.60. The average molecular weight is 287 g/mol. The van der Waals surface area contributed by atoms with E-state index < -0.39 is 0 Å². The second-order valence-electron chi connectivity index (χ2n) is 4.35. The van der Waals surface area contributed by atoms with Crippen LogP contribution in [0.2, 0.25) is 0 Å². The lowest BCUT2D eigenvalue weighted by atomic mass is 10.1. The van der Waals surface area contributed by atoms with E-state index >= 15 is 0 Å². The highest BCUT2D eigenvalue weighted by molar-refractivity contribution is 6.05. The molecule has 1 aromatic heterocycles. The quantitative estimate of drug-likeness (QED) is 0.800. The summed E-state index contributed by atoms with van der Waals surface area (Å²) in [4.78, 5) is 12.3. The summed E-state index contributed by atoms with van der Waals surface area (Å²) in [6, 6.07) is 6.75. The molecule has 2 aromatic rings. The van der Waals surface area contributed by atoms with Crippen LogP contribution in [-0.2, 0) is 0 Å². The summed E-state index contributed by atoms with van der Waals surface area (Å²) in [5.41, 5.74) is 1.27. The Bertz CT molecular complexity index is 649. The number of carbonyl (C=O) groups excluding carboxylic acids is 1. The summed E-state index contributed by atoms with van der Waals surface area (Å²) in [5, 5.41) is 9.44. The van der Waals surface area contributed by atoms with Crippen LogP contribution in [0.3, 0.4) is 0 Å². The van der Waals surface area contributed by atoms with Crippen LogP contribution in [-0.4, -0.2) is 29.8 Å². The van der Waals surface area contributed by atoms with Gasteiger partial charge in [0.25, 0.3) is 5.91 Å². The zero-order valence-electron chi connectivity index (χ0n) is 12.0. The van der Waals surface area contributed by atoms with Gasteiger partial charge in [0.15, 0.2) is 5.82 Å². The number of aromatic amines is 1. The molecule has 0 saturated heterocycles. The number of nitrogens with zero attached hydrogens (tertiary/aromatic N) is 1. The van der Waals surface area contributed by atoms with Crippen molar-refractivity contribution in [2.24, 2.45) is 0 Å². The number of methoxy groups -OCH3 is 1. The second-order valence-corrected chi connectivity index (χ2v) is 4.35. The first-order valence-corrected chi connectivity index (χ1v) is 6.39. The van der Waals surface area contributed by atoms with Crippen LogP contribution in [0.15, 0.2) is 36.9 Å². The van der Waals surface area contributed by atoms with Crippen LogP contribution in [0.5, 0.6) is 11.5 Å². The SMILES string of the molecule is C=CCOc1cc(OC)ccc1C(=O)Nc1cc(C)[nH]n1. The summed E-state index contributed by atoms with van der Waals surface area (Å²) >= 11 is 0. The summed E-state index contributed by atoms with van der Waals surface area (Å²) in [6.07, 6.45) is 1.61. The van der Waals surface area contributed by atoms with Crippen LogP contribution in [0, 0.1) is 6.92 Å². The van der Waals surface area contributed by atoms with Crippen LogP contribution in [0.4, 0.5) is 5.82 Å². The van der Waals surface area contributed by atoms with Crippen LogP contribution in [0.25, 0.3) is 0 Å². The number of aryl methyl sites for hydroxylation is 1. The summed E-state index contributed by atoms with van der Waals surface area (Å²) < 4.78 is 10.6. The molecule has 1 aromatic carbocycles. The van der Waals surface area contributed by atoms with Crippen LogP contribution >= 0.6 is 0 Å². The Kier molecular flexibility index (Phi) is 4.61. The summed E-state index contributed by atoms with van der Waals surface area (Å²) in [7, 11) is 1.55. The highest BCUT2D eigenvalue weighted by Gasteiger charge is 2.15. The molecule has 21 heavy (non-hydrogen) atoms. The van der Waals surface area contributed by atoms with Gasteiger partial charge in [0, 0.05) is 17.8 Å². The molecule has 0 fully saturated rings. The molecule has 6 heteroatoms. The highest BCUT2D eigenvalue weighted by Crippen LogP contribution is 2.25. The summed E-state index contributed by atoms with van der Waals surface area (Å²) in [5.74, 6) is 1.20. The number of carbonyl (C=O) groups is 1. The van der Waals surface area contributed by atoms with E-state index in [0.717, 1.165) is 5.69 Å². The monoisotopic (exact) mass is 287 g/mol. The predicted molar refractivity (Wildman–Crippen MR) is 80.0 cm³/mol. The minimum absolute atomic E-state index is 0.301. The lowest BCUT2D eigenvalue weighted by molar-refractivity contribution is 0.102. The van der Waals surface area contributed by atoms with Gasteiger partial charge in [-0.05, 0) is 19.1 Å². The van der Waals surface area contributed by atoms with Gasteiger partial charge in [0.05, 0.1) is 12.7 Å². The number of amides is 1. The highest BCUT2D eigenvalue weighted by atomic mass is 16.5. The molecule has 0 aliphatic carbocycles. The fourth-order valence-electron chi connectivity index (χ4n) is 1.75. The Hall–Kier alpha value is -2.76. The summed E-state index contributed by atoms with van der Waals surface area (Å²) in [6.45, 7) is 5.75. The molecule has 0 saturated carbocycles. The zero-order valence-corrected chi connectivity index (χ0v) is 12.0. The third kappa shape index (κ3) is 3.62. The molecule has 6 nitrogen and oxygen atoms in total. The van der Waals surface area contributed by atoms with E-state index in [1.54, 1.807) is 37.5 Å².